The lowest BCUT2D eigenvalue weighted by Crippen LogP contribution is -2.04. The van der Waals surface area contributed by atoms with E-state index in [1.54, 1.807) is 0 Å². The van der Waals surface area contributed by atoms with E-state index < -0.39 is 0 Å². The Morgan fingerprint density at radius 3 is 2.68 bits per heavy atom. The molecule has 1 heterocycles. The second kappa shape index (κ2) is 5.55. The van der Waals surface area contributed by atoms with Crippen LogP contribution in [-0.4, -0.2) is 11.5 Å². The highest BCUT2D eigenvalue weighted by Gasteiger charge is 2.12. The van der Waals surface area contributed by atoms with Gasteiger partial charge in [0.25, 0.3) is 0 Å². The Morgan fingerprint density at radius 2 is 2.05 bits per heavy atom. The molecule has 2 rings (SSSR count). The fourth-order valence-electron chi connectivity index (χ4n) is 2.38. The molecule has 2 aromatic rings. The molecule has 1 aromatic heterocycles. The third-order valence-electron chi connectivity index (χ3n) is 3.16. The zero-order chi connectivity index (χ0) is 14.0. The summed E-state index contributed by atoms with van der Waals surface area (Å²) in [5.74, 6) is 0.262. The summed E-state index contributed by atoms with van der Waals surface area (Å²) in [6.07, 6.45) is 0.863. The number of fused-ring (bicyclic) bond motifs is 1. The highest BCUT2D eigenvalue weighted by Crippen LogP contribution is 2.29. The molecule has 0 aliphatic rings. The van der Waals surface area contributed by atoms with Crippen molar-refractivity contribution in [2.24, 2.45) is 5.92 Å². The molecule has 1 N–H and O–H groups in total. The molecule has 1 aromatic carbocycles. The van der Waals surface area contributed by atoms with E-state index >= 15 is 0 Å². The van der Waals surface area contributed by atoms with Gasteiger partial charge < -0.3 is 5.32 Å². The standard InChI is InChI=1S/C16H21FN2/c1-5-18-14-9-12(8-10(2)3)19-16-13(17)7-6-11(4)15(14)16/h6-7,9-10H,5,8H2,1-4H3,(H,18,19). The summed E-state index contributed by atoms with van der Waals surface area (Å²) >= 11 is 0. The first kappa shape index (κ1) is 13.8. The van der Waals surface area contributed by atoms with Crippen LogP contribution in [0.5, 0.6) is 0 Å². The lowest BCUT2D eigenvalue weighted by atomic mass is 10.0. The minimum absolute atomic E-state index is 0.245. The van der Waals surface area contributed by atoms with E-state index in [0.29, 0.717) is 11.4 Å². The van der Waals surface area contributed by atoms with Crippen LogP contribution in [0.3, 0.4) is 0 Å². The van der Waals surface area contributed by atoms with E-state index in [0.717, 1.165) is 35.3 Å². The smallest absolute Gasteiger partial charge is 0.149 e. The fraction of sp³-hybridized carbons (Fsp3) is 0.438. The number of anilines is 1. The van der Waals surface area contributed by atoms with Crippen LogP contribution >= 0.6 is 0 Å². The quantitative estimate of drug-likeness (QED) is 0.886. The zero-order valence-electron chi connectivity index (χ0n) is 12.0. The van der Waals surface area contributed by atoms with Gasteiger partial charge in [0.1, 0.15) is 11.3 Å². The van der Waals surface area contributed by atoms with Gasteiger partial charge in [0.05, 0.1) is 0 Å². The third kappa shape index (κ3) is 2.86. The van der Waals surface area contributed by atoms with Crippen molar-refractivity contribution in [3.63, 3.8) is 0 Å². The van der Waals surface area contributed by atoms with E-state index in [1.807, 2.05) is 19.9 Å². The molecule has 3 heteroatoms. The van der Waals surface area contributed by atoms with Crippen molar-refractivity contribution in [3.8, 4) is 0 Å². The van der Waals surface area contributed by atoms with Crippen molar-refractivity contribution in [2.45, 2.75) is 34.1 Å². The number of nitrogens with zero attached hydrogens (tertiary/aromatic N) is 1. The molecule has 0 saturated heterocycles. The summed E-state index contributed by atoms with van der Waals surface area (Å²) in [4.78, 5) is 4.50. The topological polar surface area (TPSA) is 24.9 Å². The van der Waals surface area contributed by atoms with Crippen LogP contribution in [0, 0.1) is 18.7 Å². The zero-order valence-corrected chi connectivity index (χ0v) is 12.0. The first-order chi connectivity index (χ1) is 9.02. The summed E-state index contributed by atoms with van der Waals surface area (Å²) in [6, 6.07) is 5.36. The van der Waals surface area contributed by atoms with Crippen LogP contribution in [0.25, 0.3) is 10.9 Å². The number of aromatic nitrogens is 1. The van der Waals surface area contributed by atoms with Gasteiger partial charge in [-0.25, -0.2) is 9.37 Å². The van der Waals surface area contributed by atoms with Gasteiger partial charge in [-0.1, -0.05) is 19.9 Å². The van der Waals surface area contributed by atoms with Gasteiger partial charge in [-0.2, -0.15) is 0 Å². The molecule has 0 spiro atoms. The maximum absolute atomic E-state index is 14.0. The van der Waals surface area contributed by atoms with Gasteiger partial charge in [0, 0.05) is 23.3 Å². The molecule has 0 fully saturated rings. The normalized spacial score (nSPS) is 11.3. The van der Waals surface area contributed by atoms with Crippen molar-refractivity contribution in [3.05, 3.63) is 35.3 Å². The van der Waals surface area contributed by atoms with Gasteiger partial charge in [-0.3, -0.25) is 0 Å². The lowest BCUT2D eigenvalue weighted by molar-refractivity contribution is 0.625. The first-order valence-corrected chi connectivity index (χ1v) is 6.85. The number of rotatable bonds is 4. The molecular weight excluding hydrogens is 239 g/mol. The summed E-state index contributed by atoms with van der Waals surface area (Å²) in [7, 11) is 0. The van der Waals surface area contributed by atoms with E-state index in [2.05, 4.69) is 30.2 Å². The molecule has 19 heavy (non-hydrogen) atoms. The van der Waals surface area contributed by atoms with Crippen LogP contribution in [-0.2, 0) is 6.42 Å². The van der Waals surface area contributed by atoms with Gasteiger partial charge >= 0.3 is 0 Å². The molecule has 0 unspecified atom stereocenters. The van der Waals surface area contributed by atoms with E-state index in [-0.39, 0.29) is 5.82 Å². The number of hydrogen-bond acceptors (Lipinski definition) is 2. The summed E-state index contributed by atoms with van der Waals surface area (Å²) in [6.45, 7) is 9.14. The van der Waals surface area contributed by atoms with Gasteiger partial charge in [-0.05, 0) is 43.9 Å². The molecule has 0 bridgehead atoms. The second-order valence-corrected chi connectivity index (χ2v) is 5.38. The molecule has 0 aliphatic carbocycles. The molecule has 0 atom stereocenters. The average molecular weight is 260 g/mol. The number of halogens is 1. The van der Waals surface area contributed by atoms with Gasteiger partial charge in [0.2, 0.25) is 0 Å². The molecule has 2 nitrogen and oxygen atoms in total. The maximum Gasteiger partial charge on any atom is 0.149 e. The summed E-state index contributed by atoms with van der Waals surface area (Å²) in [5, 5.41) is 4.22. The van der Waals surface area contributed by atoms with E-state index in [9.17, 15) is 4.39 Å². The minimum atomic E-state index is -0.245. The number of aryl methyl sites for hydroxylation is 1. The summed E-state index contributed by atoms with van der Waals surface area (Å²) in [5.41, 5.74) is 3.47. The Kier molecular flexibility index (Phi) is 4.03. The minimum Gasteiger partial charge on any atom is -0.385 e. The predicted molar refractivity (Wildman–Crippen MR) is 79.1 cm³/mol. The van der Waals surface area contributed by atoms with Crippen LogP contribution < -0.4 is 5.32 Å². The highest BCUT2D eigenvalue weighted by molar-refractivity contribution is 5.94. The van der Waals surface area contributed by atoms with Gasteiger partial charge in [-0.15, -0.1) is 0 Å². The Morgan fingerprint density at radius 1 is 1.32 bits per heavy atom. The molecule has 102 valence electrons. The average Bonchev–Trinajstić information content (AvgIpc) is 2.33. The number of hydrogen-bond donors (Lipinski definition) is 1. The van der Waals surface area contributed by atoms with Crippen molar-refractivity contribution in [1.29, 1.82) is 0 Å². The highest BCUT2D eigenvalue weighted by atomic mass is 19.1. The molecular formula is C16H21FN2. The Labute approximate surface area is 114 Å². The van der Waals surface area contributed by atoms with Crippen molar-refractivity contribution in [2.75, 3.05) is 11.9 Å². The SMILES string of the molecule is CCNc1cc(CC(C)C)nc2c(F)ccc(C)c12. The maximum atomic E-state index is 14.0. The van der Waals surface area contributed by atoms with Crippen LogP contribution in [0.2, 0.25) is 0 Å². The molecule has 0 amide bonds. The predicted octanol–water partition coefficient (Wildman–Crippen LogP) is 4.31. The fourth-order valence-corrected chi connectivity index (χ4v) is 2.38. The van der Waals surface area contributed by atoms with Crippen LogP contribution in [0.1, 0.15) is 32.0 Å². The first-order valence-electron chi connectivity index (χ1n) is 6.85. The molecule has 0 aliphatic heterocycles. The van der Waals surface area contributed by atoms with Crippen LogP contribution in [0.15, 0.2) is 18.2 Å². The third-order valence-corrected chi connectivity index (χ3v) is 3.16. The summed E-state index contributed by atoms with van der Waals surface area (Å²) < 4.78 is 14.0. The number of nitrogens with one attached hydrogen (secondary N) is 1. The van der Waals surface area contributed by atoms with Crippen molar-refractivity contribution < 1.29 is 4.39 Å². The lowest BCUT2D eigenvalue weighted by Gasteiger charge is -2.14. The Hall–Kier alpha value is -1.64. The monoisotopic (exact) mass is 260 g/mol. The molecule has 0 radical (unpaired) electrons. The van der Waals surface area contributed by atoms with Crippen molar-refractivity contribution in [1.82, 2.24) is 4.98 Å². The number of benzene rings is 1. The Balaban J connectivity index is 2.68. The van der Waals surface area contributed by atoms with Crippen molar-refractivity contribution >= 4 is 16.6 Å². The second-order valence-electron chi connectivity index (χ2n) is 5.38. The largest absolute Gasteiger partial charge is 0.385 e. The Bertz CT molecular complexity index is 591. The molecule has 0 saturated carbocycles. The van der Waals surface area contributed by atoms with E-state index in [1.165, 1.54) is 6.07 Å². The van der Waals surface area contributed by atoms with Gasteiger partial charge in [0.15, 0.2) is 0 Å². The number of pyridine rings is 1. The van der Waals surface area contributed by atoms with E-state index in [4.69, 9.17) is 0 Å². The van der Waals surface area contributed by atoms with Crippen LogP contribution in [0.4, 0.5) is 10.1 Å².